The first-order chi connectivity index (χ1) is 5.97. The highest BCUT2D eigenvalue weighted by atomic mass is 16.6. The second kappa shape index (κ2) is 3.74. The van der Waals surface area contributed by atoms with E-state index in [1.807, 2.05) is 18.2 Å². The molecule has 3 heteroatoms. The standard InChI is InChI=1S/C9H10BO2/c1-2-4-8(5-3-1)9-6-7-11-10-12-9/h1-5,9H,6-7H2. The first-order valence-electron chi connectivity index (χ1n) is 4.10. The zero-order valence-corrected chi connectivity index (χ0v) is 6.77. The summed E-state index contributed by atoms with van der Waals surface area (Å²) in [5.41, 5.74) is 1.22. The van der Waals surface area contributed by atoms with Crippen molar-refractivity contribution in [3.8, 4) is 0 Å². The Morgan fingerprint density at radius 3 is 2.75 bits per heavy atom. The lowest BCUT2D eigenvalue weighted by atomic mass is 10.0. The molecule has 0 aromatic heterocycles. The van der Waals surface area contributed by atoms with E-state index in [2.05, 4.69) is 12.1 Å². The first-order valence-corrected chi connectivity index (χ1v) is 4.10. The fraction of sp³-hybridized carbons (Fsp3) is 0.333. The molecule has 1 fully saturated rings. The van der Waals surface area contributed by atoms with Crippen LogP contribution >= 0.6 is 0 Å². The highest BCUT2D eigenvalue weighted by molar-refractivity contribution is 6.18. The Morgan fingerprint density at radius 1 is 1.25 bits per heavy atom. The Balaban J connectivity index is 2.08. The Hall–Kier alpha value is -0.795. The van der Waals surface area contributed by atoms with Crippen LogP contribution in [-0.2, 0) is 9.31 Å². The summed E-state index contributed by atoms with van der Waals surface area (Å²) < 4.78 is 10.3. The SMILES string of the molecule is [B]1OCCC(c2ccccc2)O1. The third-order valence-corrected chi connectivity index (χ3v) is 1.96. The van der Waals surface area contributed by atoms with Gasteiger partial charge in [-0.15, -0.1) is 0 Å². The molecule has 0 amide bonds. The van der Waals surface area contributed by atoms with Gasteiger partial charge in [-0.25, -0.2) is 0 Å². The van der Waals surface area contributed by atoms with Crippen LogP contribution in [0, 0.1) is 0 Å². The second-order valence-electron chi connectivity index (χ2n) is 2.79. The molecule has 0 bridgehead atoms. The third kappa shape index (κ3) is 1.68. The molecule has 1 aliphatic heterocycles. The largest absolute Gasteiger partial charge is 0.488 e. The topological polar surface area (TPSA) is 18.5 Å². The average molecular weight is 161 g/mol. The highest BCUT2D eigenvalue weighted by Crippen LogP contribution is 2.22. The molecule has 2 nitrogen and oxygen atoms in total. The van der Waals surface area contributed by atoms with Crippen LogP contribution in [-0.4, -0.2) is 14.3 Å². The summed E-state index contributed by atoms with van der Waals surface area (Å²) in [5, 5.41) is 0. The summed E-state index contributed by atoms with van der Waals surface area (Å²) >= 11 is 0. The zero-order chi connectivity index (χ0) is 8.23. The molecule has 1 atom stereocenters. The predicted molar refractivity (Wildman–Crippen MR) is 46.6 cm³/mol. The van der Waals surface area contributed by atoms with E-state index in [0.29, 0.717) is 0 Å². The van der Waals surface area contributed by atoms with Crippen molar-refractivity contribution in [2.75, 3.05) is 6.61 Å². The second-order valence-corrected chi connectivity index (χ2v) is 2.79. The normalized spacial score (nSPS) is 23.2. The van der Waals surface area contributed by atoms with Crippen LogP contribution in [0.4, 0.5) is 0 Å². The van der Waals surface area contributed by atoms with Gasteiger partial charge in [0.25, 0.3) is 0 Å². The van der Waals surface area contributed by atoms with E-state index in [1.165, 1.54) is 13.2 Å². The van der Waals surface area contributed by atoms with Crippen LogP contribution in [0.5, 0.6) is 0 Å². The molecule has 0 saturated carbocycles. The minimum absolute atomic E-state index is 0.181. The van der Waals surface area contributed by atoms with Crippen LogP contribution in [0.3, 0.4) is 0 Å². The lowest BCUT2D eigenvalue weighted by Crippen LogP contribution is -2.19. The van der Waals surface area contributed by atoms with Crippen LogP contribution in [0.1, 0.15) is 18.1 Å². The average Bonchev–Trinajstić information content (AvgIpc) is 2.21. The third-order valence-electron chi connectivity index (χ3n) is 1.96. The fourth-order valence-corrected chi connectivity index (χ4v) is 1.31. The minimum atomic E-state index is 0.181. The molecule has 0 aliphatic carbocycles. The lowest BCUT2D eigenvalue weighted by Gasteiger charge is -2.22. The van der Waals surface area contributed by atoms with Gasteiger partial charge in [0.2, 0.25) is 0 Å². The molecule has 1 aliphatic rings. The van der Waals surface area contributed by atoms with Gasteiger partial charge in [-0.05, 0) is 12.0 Å². The van der Waals surface area contributed by atoms with Gasteiger partial charge in [-0.3, -0.25) is 0 Å². The smallest absolute Gasteiger partial charge is 0.413 e. The molecule has 61 valence electrons. The molecule has 1 aromatic carbocycles. The molecule has 1 aromatic rings. The first kappa shape index (κ1) is 7.83. The van der Waals surface area contributed by atoms with Crippen LogP contribution in [0.25, 0.3) is 0 Å². The van der Waals surface area contributed by atoms with Crippen molar-refractivity contribution in [2.45, 2.75) is 12.5 Å². The van der Waals surface area contributed by atoms with Crippen molar-refractivity contribution in [1.29, 1.82) is 0 Å². The van der Waals surface area contributed by atoms with Gasteiger partial charge in [-0.1, -0.05) is 30.3 Å². The van der Waals surface area contributed by atoms with Crippen LogP contribution in [0.15, 0.2) is 30.3 Å². The predicted octanol–water partition coefficient (Wildman–Crippen LogP) is 1.70. The fourth-order valence-electron chi connectivity index (χ4n) is 1.31. The summed E-state index contributed by atoms with van der Waals surface area (Å²) in [6.07, 6.45) is 1.11. The maximum Gasteiger partial charge on any atom is 0.488 e. The van der Waals surface area contributed by atoms with Gasteiger partial charge in [0.05, 0.1) is 6.10 Å². The van der Waals surface area contributed by atoms with Crippen molar-refractivity contribution >= 4 is 7.69 Å². The van der Waals surface area contributed by atoms with E-state index in [9.17, 15) is 0 Å². The molecular formula is C9H10BO2. The quantitative estimate of drug-likeness (QED) is 0.583. The molecule has 0 spiro atoms. The van der Waals surface area contributed by atoms with Gasteiger partial charge in [0, 0.05) is 6.61 Å². The monoisotopic (exact) mass is 161 g/mol. The maximum absolute atomic E-state index is 5.32. The van der Waals surface area contributed by atoms with E-state index in [-0.39, 0.29) is 6.10 Å². The number of benzene rings is 1. The Labute approximate surface area is 72.8 Å². The minimum Gasteiger partial charge on any atom is -0.413 e. The van der Waals surface area contributed by atoms with E-state index in [4.69, 9.17) is 9.31 Å². The lowest BCUT2D eigenvalue weighted by molar-refractivity contribution is 0.0854. The Bertz CT molecular complexity index is 232. The van der Waals surface area contributed by atoms with Crippen molar-refractivity contribution in [2.24, 2.45) is 0 Å². The molecule has 1 unspecified atom stereocenters. The van der Waals surface area contributed by atoms with E-state index in [0.717, 1.165) is 13.0 Å². The van der Waals surface area contributed by atoms with Crippen molar-refractivity contribution in [1.82, 2.24) is 0 Å². The molecule has 1 heterocycles. The van der Waals surface area contributed by atoms with E-state index in [1.54, 1.807) is 0 Å². The van der Waals surface area contributed by atoms with Gasteiger partial charge in [0.1, 0.15) is 0 Å². The number of hydrogen-bond donors (Lipinski definition) is 0. The van der Waals surface area contributed by atoms with E-state index >= 15 is 0 Å². The molecule has 1 radical (unpaired) electrons. The maximum atomic E-state index is 5.32. The molecule has 12 heavy (non-hydrogen) atoms. The van der Waals surface area contributed by atoms with Gasteiger partial charge in [-0.2, -0.15) is 0 Å². The molecule has 0 N–H and O–H groups in total. The Kier molecular flexibility index (Phi) is 2.44. The van der Waals surface area contributed by atoms with Crippen LogP contribution in [0.2, 0.25) is 0 Å². The van der Waals surface area contributed by atoms with Gasteiger partial charge >= 0.3 is 7.69 Å². The summed E-state index contributed by atoms with van der Waals surface area (Å²) in [5.74, 6) is 0. The molecule has 1 saturated heterocycles. The summed E-state index contributed by atoms with van der Waals surface area (Å²) in [6.45, 7) is 0.750. The van der Waals surface area contributed by atoms with Crippen LogP contribution < -0.4 is 0 Å². The van der Waals surface area contributed by atoms with Gasteiger partial charge in [0.15, 0.2) is 0 Å². The summed E-state index contributed by atoms with van der Waals surface area (Å²) in [6, 6.07) is 10.2. The highest BCUT2D eigenvalue weighted by Gasteiger charge is 2.16. The zero-order valence-electron chi connectivity index (χ0n) is 6.77. The number of hydrogen-bond acceptors (Lipinski definition) is 2. The van der Waals surface area contributed by atoms with Gasteiger partial charge < -0.3 is 9.31 Å². The van der Waals surface area contributed by atoms with E-state index < -0.39 is 0 Å². The van der Waals surface area contributed by atoms with Crippen molar-refractivity contribution in [3.63, 3.8) is 0 Å². The summed E-state index contributed by atoms with van der Waals surface area (Å²) in [4.78, 5) is 0. The van der Waals surface area contributed by atoms with Crippen molar-refractivity contribution < 1.29 is 9.31 Å². The Morgan fingerprint density at radius 2 is 2.08 bits per heavy atom. The number of rotatable bonds is 1. The summed E-state index contributed by atoms with van der Waals surface area (Å²) in [7, 11) is 1.43. The molecular weight excluding hydrogens is 151 g/mol. The van der Waals surface area contributed by atoms with Crippen molar-refractivity contribution in [3.05, 3.63) is 35.9 Å². The molecule has 2 rings (SSSR count).